The van der Waals surface area contributed by atoms with Crippen molar-refractivity contribution >= 4 is 0 Å². The third-order valence-electron chi connectivity index (χ3n) is 3.83. The van der Waals surface area contributed by atoms with Crippen LogP contribution in [0.4, 0.5) is 0 Å². The minimum absolute atomic E-state index is 0.308. The van der Waals surface area contributed by atoms with E-state index >= 15 is 0 Å². The third-order valence-corrected chi connectivity index (χ3v) is 3.83. The Balaban J connectivity index is 1.63. The smallest absolute Gasteiger partial charge is 0.226 e. The average molecular weight is 272 g/mol. The highest BCUT2D eigenvalue weighted by Crippen LogP contribution is 2.30. The molecule has 0 N–H and O–H groups in total. The van der Waals surface area contributed by atoms with Crippen LogP contribution in [-0.4, -0.2) is 33.1 Å². The molecule has 1 fully saturated rings. The molecule has 106 valence electrons. The predicted molar refractivity (Wildman–Crippen MR) is 75.2 cm³/mol. The van der Waals surface area contributed by atoms with Gasteiger partial charge in [-0.1, -0.05) is 18.1 Å². The first-order valence-corrected chi connectivity index (χ1v) is 7.33. The number of nitrogens with zero attached hydrogens (tertiary/aromatic N) is 4. The molecule has 1 saturated heterocycles. The van der Waals surface area contributed by atoms with E-state index in [4.69, 9.17) is 4.52 Å². The monoisotopic (exact) mass is 272 g/mol. The van der Waals surface area contributed by atoms with Gasteiger partial charge in [-0.3, -0.25) is 9.88 Å². The first-order chi connectivity index (χ1) is 9.86. The van der Waals surface area contributed by atoms with Crippen LogP contribution in [-0.2, 0) is 12.8 Å². The number of hydrogen-bond acceptors (Lipinski definition) is 5. The second-order valence-electron chi connectivity index (χ2n) is 5.16. The Hall–Kier alpha value is -1.75. The third kappa shape index (κ3) is 2.88. The summed E-state index contributed by atoms with van der Waals surface area (Å²) < 4.78 is 5.24. The van der Waals surface area contributed by atoms with Crippen LogP contribution in [0, 0.1) is 0 Å². The van der Waals surface area contributed by atoms with Gasteiger partial charge in [-0.2, -0.15) is 4.98 Å². The molecule has 5 heteroatoms. The largest absolute Gasteiger partial charge is 0.339 e. The van der Waals surface area contributed by atoms with Gasteiger partial charge in [-0.05, 0) is 31.5 Å². The molecule has 2 aromatic heterocycles. The Kier molecular flexibility index (Phi) is 4.06. The van der Waals surface area contributed by atoms with Crippen molar-refractivity contribution in [2.75, 3.05) is 13.1 Å². The van der Waals surface area contributed by atoms with Crippen LogP contribution in [0.3, 0.4) is 0 Å². The molecule has 3 rings (SSSR count). The van der Waals surface area contributed by atoms with Crippen molar-refractivity contribution in [1.82, 2.24) is 20.0 Å². The van der Waals surface area contributed by atoms with E-state index in [0.717, 1.165) is 49.8 Å². The summed E-state index contributed by atoms with van der Waals surface area (Å²) in [6.45, 7) is 4.13. The van der Waals surface area contributed by atoms with Gasteiger partial charge in [0, 0.05) is 31.3 Å². The maximum absolute atomic E-state index is 5.24. The molecule has 1 atom stereocenters. The number of aryl methyl sites for hydroxylation is 1. The zero-order valence-electron chi connectivity index (χ0n) is 11.8. The average Bonchev–Trinajstić information content (AvgIpc) is 3.14. The molecule has 5 nitrogen and oxygen atoms in total. The van der Waals surface area contributed by atoms with Crippen molar-refractivity contribution in [1.29, 1.82) is 0 Å². The molecule has 0 aliphatic carbocycles. The summed E-state index contributed by atoms with van der Waals surface area (Å²) in [5, 5.41) is 4.13. The number of pyridine rings is 1. The molecular formula is C15H20N4O. The first-order valence-electron chi connectivity index (χ1n) is 7.33. The van der Waals surface area contributed by atoms with Gasteiger partial charge < -0.3 is 4.52 Å². The van der Waals surface area contributed by atoms with E-state index in [9.17, 15) is 0 Å². The molecular weight excluding hydrogens is 252 g/mol. The second kappa shape index (κ2) is 6.13. The summed E-state index contributed by atoms with van der Waals surface area (Å²) >= 11 is 0. The lowest BCUT2D eigenvalue weighted by Crippen LogP contribution is -2.26. The topological polar surface area (TPSA) is 55.1 Å². The molecule has 0 radical (unpaired) electrons. The van der Waals surface area contributed by atoms with Gasteiger partial charge in [-0.25, -0.2) is 0 Å². The molecule has 0 bridgehead atoms. The summed E-state index contributed by atoms with van der Waals surface area (Å²) in [6.07, 6.45) is 5.93. The second-order valence-corrected chi connectivity index (χ2v) is 5.16. The van der Waals surface area contributed by atoms with Gasteiger partial charge in [0.25, 0.3) is 0 Å². The number of hydrogen-bond donors (Lipinski definition) is 0. The van der Waals surface area contributed by atoms with Crippen molar-refractivity contribution in [3.05, 3.63) is 41.8 Å². The van der Waals surface area contributed by atoms with Crippen LogP contribution >= 0.6 is 0 Å². The van der Waals surface area contributed by atoms with Gasteiger partial charge >= 0.3 is 0 Å². The van der Waals surface area contributed by atoms with Crippen LogP contribution in [0.5, 0.6) is 0 Å². The summed E-state index contributed by atoms with van der Waals surface area (Å²) in [5.74, 6) is 1.58. The van der Waals surface area contributed by atoms with E-state index < -0.39 is 0 Å². The Morgan fingerprint density at radius 3 is 3.10 bits per heavy atom. The van der Waals surface area contributed by atoms with Crippen LogP contribution in [0.1, 0.15) is 43.2 Å². The molecule has 0 spiro atoms. The molecule has 0 amide bonds. The molecule has 0 unspecified atom stereocenters. The fourth-order valence-corrected chi connectivity index (χ4v) is 2.74. The van der Waals surface area contributed by atoms with E-state index in [1.54, 1.807) is 0 Å². The van der Waals surface area contributed by atoms with Crippen LogP contribution in [0.2, 0.25) is 0 Å². The lowest BCUT2D eigenvalue weighted by molar-refractivity contribution is 0.244. The van der Waals surface area contributed by atoms with E-state index in [1.807, 2.05) is 25.3 Å². The zero-order chi connectivity index (χ0) is 13.8. The fourth-order valence-electron chi connectivity index (χ4n) is 2.74. The minimum atomic E-state index is 0.308. The van der Waals surface area contributed by atoms with Gasteiger partial charge in [0.05, 0.1) is 6.04 Å². The van der Waals surface area contributed by atoms with Gasteiger partial charge in [0.2, 0.25) is 5.89 Å². The Morgan fingerprint density at radius 1 is 1.40 bits per heavy atom. The molecule has 3 heterocycles. The quantitative estimate of drug-likeness (QED) is 0.836. The maximum Gasteiger partial charge on any atom is 0.226 e. The van der Waals surface area contributed by atoms with E-state index in [0.29, 0.717) is 6.04 Å². The highest BCUT2D eigenvalue weighted by atomic mass is 16.5. The molecule has 1 aliphatic heterocycles. The SMILES string of the molecule is CCc1nc([C@H]2CCCN2CCc2ccccn2)no1. The molecule has 0 saturated carbocycles. The van der Waals surface area contributed by atoms with Crippen LogP contribution in [0.25, 0.3) is 0 Å². The molecule has 2 aromatic rings. The van der Waals surface area contributed by atoms with Gasteiger partial charge in [-0.15, -0.1) is 0 Å². The van der Waals surface area contributed by atoms with Gasteiger partial charge in [0.15, 0.2) is 5.82 Å². The highest BCUT2D eigenvalue weighted by molar-refractivity contribution is 5.05. The van der Waals surface area contributed by atoms with Crippen molar-refractivity contribution in [3.8, 4) is 0 Å². The van der Waals surface area contributed by atoms with Crippen LogP contribution in [0.15, 0.2) is 28.9 Å². The summed E-state index contributed by atoms with van der Waals surface area (Å²) in [7, 11) is 0. The lowest BCUT2D eigenvalue weighted by atomic mass is 10.2. The van der Waals surface area contributed by atoms with Crippen molar-refractivity contribution in [2.24, 2.45) is 0 Å². The minimum Gasteiger partial charge on any atom is -0.339 e. The highest BCUT2D eigenvalue weighted by Gasteiger charge is 2.29. The fraction of sp³-hybridized carbons (Fsp3) is 0.533. The van der Waals surface area contributed by atoms with Crippen LogP contribution < -0.4 is 0 Å². The van der Waals surface area contributed by atoms with E-state index in [1.165, 1.54) is 6.42 Å². The Bertz CT molecular complexity index is 540. The van der Waals surface area contributed by atoms with Crippen molar-refractivity contribution < 1.29 is 4.52 Å². The molecule has 1 aliphatic rings. The zero-order valence-corrected chi connectivity index (χ0v) is 11.8. The Labute approximate surface area is 119 Å². The number of rotatable bonds is 5. The number of likely N-dealkylation sites (tertiary alicyclic amines) is 1. The molecule has 0 aromatic carbocycles. The van der Waals surface area contributed by atoms with Crippen molar-refractivity contribution in [3.63, 3.8) is 0 Å². The summed E-state index contributed by atoms with van der Waals surface area (Å²) in [5.41, 5.74) is 1.14. The molecule has 20 heavy (non-hydrogen) atoms. The summed E-state index contributed by atoms with van der Waals surface area (Å²) in [6, 6.07) is 6.38. The lowest BCUT2D eigenvalue weighted by Gasteiger charge is -2.21. The first kappa shape index (κ1) is 13.2. The van der Waals surface area contributed by atoms with E-state index in [2.05, 4.69) is 26.1 Å². The standard InChI is InChI=1S/C15H20N4O/c1-2-14-17-15(18-20-14)13-7-5-10-19(13)11-8-12-6-3-4-9-16-12/h3-4,6,9,13H,2,5,7-8,10-11H2,1H3/t13-/m1/s1. The summed E-state index contributed by atoms with van der Waals surface area (Å²) in [4.78, 5) is 11.3. The Morgan fingerprint density at radius 2 is 2.35 bits per heavy atom. The predicted octanol–water partition coefficient (Wildman–Crippen LogP) is 2.41. The van der Waals surface area contributed by atoms with Crippen molar-refractivity contribution in [2.45, 2.75) is 38.6 Å². The normalized spacial score (nSPS) is 19.6. The maximum atomic E-state index is 5.24. The van der Waals surface area contributed by atoms with Gasteiger partial charge in [0.1, 0.15) is 0 Å². The van der Waals surface area contributed by atoms with E-state index in [-0.39, 0.29) is 0 Å². The number of aromatic nitrogens is 3.